The van der Waals surface area contributed by atoms with E-state index in [-0.39, 0.29) is 34.0 Å². The summed E-state index contributed by atoms with van der Waals surface area (Å²) in [5, 5.41) is 14.0. The van der Waals surface area contributed by atoms with Crippen molar-refractivity contribution in [3.8, 4) is 5.75 Å². The molecular weight excluding hydrogens is 424 g/mol. The molecular formula is C20H24N4O6S. The summed E-state index contributed by atoms with van der Waals surface area (Å²) in [5.74, 6) is -0.116. The van der Waals surface area contributed by atoms with E-state index in [1.165, 1.54) is 43.5 Å². The van der Waals surface area contributed by atoms with Crippen LogP contribution >= 0.6 is 0 Å². The van der Waals surface area contributed by atoms with Crippen molar-refractivity contribution >= 4 is 27.3 Å². The van der Waals surface area contributed by atoms with Crippen molar-refractivity contribution in [2.75, 3.05) is 32.0 Å². The number of methoxy groups -OCH3 is 1. The zero-order chi connectivity index (χ0) is 22.6. The van der Waals surface area contributed by atoms with Gasteiger partial charge in [-0.1, -0.05) is 0 Å². The summed E-state index contributed by atoms with van der Waals surface area (Å²) in [6.07, 6.45) is 1.73. The Hall–Kier alpha value is -3.18. The monoisotopic (exact) mass is 448 g/mol. The van der Waals surface area contributed by atoms with Crippen molar-refractivity contribution in [2.45, 2.75) is 23.8 Å². The van der Waals surface area contributed by atoms with E-state index in [0.717, 1.165) is 32.0 Å². The molecule has 2 N–H and O–H groups in total. The molecule has 2 aromatic rings. The molecule has 3 rings (SSSR count). The van der Waals surface area contributed by atoms with Gasteiger partial charge in [0, 0.05) is 23.7 Å². The lowest BCUT2D eigenvalue weighted by molar-refractivity contribution is -0.384. The van der Waals surface area contributed by atoms with Gasteiger partial charge in [-0.15, -0.1) is 0 Å². The topological polar surface area (TPSA) is 131 Å². The first kappa shape index (κ1) is 22.5. The minimum absolute atomic E-state index is 0.0548. The standard InChI is InChI=1S/C20H24N4O6S/c1-23-11-9-15(10-12-23)21-20(25)14-3-6-17(7-4-14)31(28,29)22-18-13-16(24(26)27)5-8-19(18)30-2/h3-8,13,15,22H,9-12H2,1-2H3,(H,21,25). The molecule has 2 aromatic carbocycles. The smallest absolute Gasteiger partial charge is 0.271 e. The third-order valence-corrected chi connectivity index (χ3v) is 6.50. The van der Waals surface area contributed by atoms with Crippen LogP contribution in [0.25, 0.3) is 0 Å². The van der Waals surface area contributed by atoms with Gasteiger partial charge in [0.1, 0.15) is 5.75 Å². The molecule has 0 bridgehead atoms. The van der Waals surface area contributed by atoms with E-state index in [4.69, 9.17) is 4.74 Å². The zero-order valence-electron chi connectivity index (χ0n) is 17.2. The molecule has 10 nitrogen and oxygen atoms in total. The highest BCUT2D eigenvalue weighted by atomic mass is 32.2. The number of nitrogens with zero attached hydrogens (tertiary/aromatic N) is 2. The van der Waals surface area contributed by atoms with Gasteiger partial charge in [0.25, 0.3) is 21.6 Å². The number of ether oxygens (including phenoxy) is 1. The maximum atomic E-state index is 12.7. The van der Waals surface area contributed by atoms with Gasteiger partial charge >= 0.3 is 0 Å². The highest BCUT2D eigenvalue weighted by Crippen LogP contribution is 2.30. The van der Waals surface area contributed by atoms with Crippen molar-refractivity contribution in [3.63, 3.8) is 0 Å². The van der Waals surface area contributed by atoms with Crippen LogP contribution < -0.4 is 14.8 Å². The fourth-order valence-electron chi connectivity index (χ4n) is 3.30. The number of likely N-dealkylation sites (tertiary alicyclic amines) is 1. The van der Waals surface area contributed by atoms with Crippen LogP contribution in [0.4, 0.5) is 11.4 Å². The lowest BCUT2D eigenvalue weighted by atomic mass is 10.0. The number of hydrogen-bond acceptors (Lipinski definition) is 7. The number of amides is 1. The quantitative estimate of drug-likeness (QED) is 0.490. The maximum absolute atomic E-state index is 12.7. The Balaban J connectivity index is 1.73. The van der Waals surface area contributed by atoms with E-state index in [2.05, 4.69) is 14.9 Å². The van der Waals surface area contributed by atoms with Gasteiger partial charge in [-0.3, -0.25) is 19.6 Å². The van der Waals surface area contributed by atoms with Gasteiger partial charge in [0.05, 0.1) is 22.6 Å². The molecule has 1 fully saturated rings. The molecule has 0 atom stereocenters. The van der Waals surface area contributed by atoms with Crippen LogP contribution in [0.2, 0.25) is 0 Å². The van der Waals surface area contributed by atoms with Crippen molar-refractivity contribution in [1.82, 2.24) is 10.2 Å². The molecule has 0 aliphatic carbocycles. The van der Waals surface area contributed by atoms with Gasteiger partial charge in [-0.05, 0) is 63.3 Å². The molecule has 1 amide bonds. The zero-order valence-corrected chi connectivity index (χ0v) is 18.0. The normalized spacial score (nSPS) is 15.3. The maximum Gasteiger partial charge on any atom is 0.271 e. The summed E-state index contributed by atoms with van der Waals surface area (Å²) >= 11 is 0. The predicted octanol–water partition coefficient (Wildman–Crippen LogP) is 2.23. The van der Waals surface area contributed by atoms with E-state index in [0.29, 0.717) is 5.56 Å². The number of carbonyl (C=O) groups is 1. The molecule has 0 radical (unpaired) electrons. The Morgan fingerprint density at radius 3 is 2.39 bits per heavy atom. The fraction of sp³-hybridized carbons (Fsp3) is 0.350. The Morgan fingerprint density at radius 2 is 1.81 bits per heavy atom. The Labute approximate surface area is 180 Å². The molecule has 1 aliphatic heterocycles. The number of carbonyl (C=O) groups excluding carboxylic acids is 1. The molecule has 166 valence electrons. The summed E-state index contributed by atoms with van der Waals surface area (Å²) < 4.78 is 32.9. The van der Waals surface area contributed by atoms with Crippen LogP contribution in [-0.2, 0) is 10.0 Å². The van der Waals surface area contributed by atoms with E-state index >= 15 is 0 Å². The Bertz CT molecular complexity index is 1060. The number of anilines is 1. The van der Waals surface area contributed by atoms with E-state index in [9.17, 15) is 23.3 Å². The number of hydrogen-bond donors (Lipinski definition) is 2. The first-order valence-electron chi connectivity index (χ1n) is 9.64. The Morgan fingerprint density at radius 1 is 1.16 bits per heavy atom. The number of piperidine rings is 1. The number of nitrogens with one attached hydrogen (secondary N) is 2. The number of benzene rings is 2. The minimum Gasteiger partial charge on any atom is -0.495 e. The largest absolute Gasteiger partial charge is 0.495 e. The second-order valence-electron chi connectivity index (χ2n) is 7.32. The van der Waals surface area contributed by atoms with Crippen molar-refractivity contribution in [1.29, 1.82) is 0 Å². The van der Waals surface area contributed by atoms with E-state index in [1.54, 1.807) is 0 Å². The second-order valence-corrected chi connectivity index (χ2v) is 9.00. The van der Waals surface area contributed by atoms with Crippen LogP contribution in [0.3, 0.4) is 0 Å². The van der Waals surface area contributed by atoms with Crippen LogP contribution in [0, 0.1) is 10.1 Å². The van der Waals surface area contributed by atoms with Gasteiger partial charge in [-0.25, -0.2) is 8.42 Å². The van der Waals surface area contributed by atoms with E-state index in [1.807, 2.05) is 7.05 Å². The van der Waals surface area contributed by atoms with Gasteiger partial charge in [-0.2, -0.15) is 0 Å². The van der Waals surface area contributed by atoms with Crippen LogP contribution in [0.15, 0.2) is 47.4 Å². The number of rotatable bonds is 7. The SMILES string of the molecule is COc1ccc([N+](=O)[O-])cc1NS(=O)(=O)c1ccc(C(=O)NC2CCN(C)CC2)cc1. The van der Waals surface area contributed by atoms with Crippen molar-refractivity contribution in [3.05, 3.63) is 58.1 Å². The van der Waals surface area contributed by atoms with Gasteiger partial charge < -0.3 is 15.0 Å². The minimum atomic E-state index is -4.05. The highest BCUT2D eigenvalue weighted by molar-refractivity contribution is 7.92. The van der Waals surface area contributed by atoms with Gasteiger partial charge in [0.15, 0.2) is 0 Å². The average molecular weight is 449 g/mol. The number of non-ortho nitro benzene ring substituents is 1. The molecule has 31 heavy (non-hydrogen) atoms. The molecule has 1 saturated heterocycles. The predicted molar refractivity (Wildman–Crippen MR) is 115 cm³/mol. The Kier molecular flexibility index (Phi) is 6.76. The molecule has 11 heteroatoms. The summed E-state index contributed by atoms with van der Waals surface area (Å²) in [6.45, 7) is 1.82. The lowest BCUT2D eigenvalue weighted by Crippen LogP contribution is -2.43. The summed E-state index contributed by atoms with van der Waals surface area (Å²) in [5.41, 5.74) is 0.0195. The number of sulfonamides is 1. The van der Waals surface area contributed by atoms with Gasteiger partial charge in [0.2, 0.25) is 0 Å². The first-order chi connectivity index (χ1) is 14.7. The molecule has 0 aromatic heterocycles. The van der Waals surface area contributed by atoms with E-state index < -0.39 is 14.9 Å². The van der Waals surface area contributed by atoms with Crippen LogP contribution in [-0.4, -0.2) is 57.4 Å². The third-order valence-electron chi connectivity index (χ3n) is 5.12. The third kappa shape index (κ3) is 5.50. The molecule has 1 heterocycles. The molecule has 0 spiro atoms. The summed E-state index contributed by atoms with van der Waals surface area (Å²) in [6, 6.07) is 9.20. The second kappa shape index (κ2) is 9.31. The van der Waals surface area contributed by atoms with Crippen LogP contribution in [0.1, 0.15) is 23.2 Å². The fourth-order valence-corrected chi connectivity index (χ4v) is 4.36. The van der Waals surface area contributed by atoms with Crippen LogP contribution in [0.5, 0.6) is 5.75 Å². The molecule has 0 saturated carbocycles. The van der Waals surface area contributed by atoms with Crippen molar-refractivity contribution in [2.24, 2.45) is 0 Å². The van der Waals surface area contributed by atoms with Crippen molar-refractivity contribution < 1.29 is 22.9 Å². The summed E-state index contributed by atoms with van der Waals surface area (Å²) in [4.78, 5) is 24.9. The first-order valence-corrected chi connectivity index (χ1v) is 11.1. The highest BCUT2D eigenvalue weighted by Gasteiger charge is 2.21. The number of nitro benzene ring substituents is 1. The lowest BCUT2D eigenvalue weighted by Gasteiger charge is -2.29. The average Bonchev–Trinajstić information content (AvgIpc) is 2.75. The molecule has 0 unspecified atom stereocenters. The molecule has 1 aliphatic rings. The summed E-state index contributed by atoms with van der Waals surface area (Å²) in [7, 11) is -0.688. The number of nitro groups is 1.